The highest BCUT2D eigenvalue weighted by Gasteiger charge is 2.26. The molecule has 1 aromatic rings. The maximum atomic E-state index is 11.6. The Balaban J connectivity index is 2.15. The van der Waals surface area contributed by atoms with Crippen LogP contribution >= 0.6 is 23.4 Å². The van der Waals surface area contributed by atoms with Crippen LogP contribution in [-0.2, 0) is 9.53 Å². The van der Waals surface area contributed by atoms with E-state index in [2.05, 4.69) is 0 Å². The van der Waals surface area contributed by atoms with Gasteiger partial charge in [0.1, 0.15) is 0 Å². The van der Waals surface area contributed by atoms with Crippen molar-refractivity contribution in [1.82, 2.24) is 0 Å². The third-order valence-corrected chi connectivity index (χ3v) is 5.01. The van der Waals surface area contributed by atoms with Crippen LogP contribution in [0.5, 0.6) is 0 Å². The zero-order valence-corrected chi connectivity index (χ0v) is 13.0. The zero-order valence-electron chi connectivity index (χ0n) is 11.5. The molecule has 1 heterocycles. The van der Waals surface area contributed by atoms with Gasteiger partial charge in [-0.1, -0.05) is 17.7 Å². The lowest BCUT2D eigenvalue weighted by atomic mass is 9.85. The van der Waals surface area contributed by atoms with E-state index < -0.39 is 11.9 Å². The van der Waals surface area contributed by atoms with Gasteiger partial charge in [-0.3, -0.25) is 4.79 Å². The molecule has 1 aliphatic rings. The number of carbonyl (C=O) groups is 1. The summed E-state index contributed by atoms with van der Waals surface area (Å²) >= 11 is 7.75. The molecule has 1 unspecified atom stereocenters. The van der Waals surface area contributed by atoms with Crippen molar-refractivity contribution in [3.8, 4) is 0 Å². The molecule has 110 valence electrons. The first-order valence-corrected chi connectivity index (χ1v) is 8.36. The lowest BCUT2D eigenvalue weighted by Crippen LogP contribution is -2.21. The second-order valence-corrected chi connectivity index (χ2v) is 6.33. The number of benzene rings is 1. The molecule has 3 nitrogen and oxygen atoms in total. The van der Waals surface area contributed by atoms with Crippen molar-refractivity contribution in [2.45, 2.75) is 30.1 Å². The fourth-order valence-electron chi connectivity index (χ4n) is 2.59. The molecular weight excluding hydrogens is 296 g/mol. The number of ether oxygens (including phenoxy) is 1. The Morgan fingerprint density at radius 2 is 2.20 bits per heavy atom. The fourth-order valence-corrected chi connectivity index (χ4v) is 3.47. The lowest BCUT2D eigenvalue weighted by molar-refractivity contribution is -0.139. The van der Waals surface area contributed by atoms with Crippen LogP contribution in [0.2, 0.25) is 5.02 Å². The van der Waals surface area contributed by atoms with E-state index in [1.54, 1.807) is 17.8 Å². The predicted molar refractivity (Wildman–Crippen MR) is 81.8 cm³/mol. The number of halogens is 1. The van der Waals surface area contributed by atoms with Crippen LogP contribution in [0.4, 0.5) is 0 Å². The van der Waals surface area contributed by atoms with Crippen LogP contribution in [-0.4, -0.2) is 30.5 Å². The molecule has 0 saturated carbocycles. The van der Waals surface area contributed by atoms with Crippen molar-refractivity contribution in [1.29, 1.82) is 0 Å². The fraction of sp³-hybridized carbons (Fsp3) is 0.533. The minimum atomic E-state index is -0.774. The first kappa shape index (κ1) is 15.7. The highest BCUT2D eigenvalue weighted by molar-refractivity contribution is 7.98. The molecule has 1 atom stereocenters. The van der Waals surface area contributed by atoms with Crippen LogP contribution in [0.15, 0.2) is 23.1 Å². The summed E-state index contributed by atoms with van der Waals surface area (Å²) in [4.78, 5) is 12.5. The number of thioether (sulfide) groups is 1. The average Bonchev–Trinajstić information content (AvgIpc) is 2.45. The molecule has 0 bridgehead atoms. The Morgan fingerprint density at radius 1 is 1.50 bits per heavy atom. The van der Waals surface area contributed by atoms with E-state index >= 15 is 0 Å². The summed E-state index contributed by atoms with van der Waals surface area (Å²) < 4.78 is 5.33. The van der Waals surface area contributed by atoms with Crippen molar-refractivity contribution < 1.29 is 14.6 Å². The van der Waals surface area contributed by atoms with Crippen LogP contribution in [0.25, 0.3) is 0 Å². The maximum Gasteiger partial charge on any atom is 0.310 e. The number of carboxylic acids is 1. The molecule has 0 radical (unpaired) electrons. The van der Waals surface area contributed by atoms with Gasteiger partial charge >= 0.3 is 5.97 Å². The Labute approximate surface area is 128 Å². The molecule has 0 amide bonds. The molecule has 5 heteroatoms. The Hall–Kier alpha value is -0.710. The molecule has 2 rings (SSSR count). The summed E-state index contributed by atoms with van der Waals surface area (Å²) in [6.07, 6.45) is 4.51. The monoisotopic (exact) mass is 314 g/mol. The number of rotatable bonds is 5. The van der Waals surface area contributed by atoms with Gasteiger partial charge in [0.2, 0.25) is 0 Å². The van der Waals surface area contributed by atoms with Crippen molar-refractivity contribution in [2.24, 2.45) is 5.92 Å². The van der Waals surface area contributed by atoms with Gasteiger partial charge < -0.3 is 9.84 Å². The Morgan fingerprint density at radius 3 is 2.75 bits per heavy atom. The van der Waals surface area contributed by atoms with Gasteiger partial charge in [0.15, 0.2) is 0 Å². The standard InChI is InChI=1S/C15H19ClO3S/c1-20-14-3-2-11(9-13(14)16)12(15(17)18)8-10-4-6-19-7-5-10/h2-3,9-10,12H,4-8H2,1H3,(H,17,18). The molecule has 1 saturated heterocycles. The number of aliphatic carboxylic acids is 1. The minimum Gasteiger partial charge on any atom is -0.481 e. The van der Waals surface area contributed by atoms with Gasteiger partial charge in [-0.2, -0.15) is 0 Å². The van der Waals surface area contributed by atoms with E-state index in [4.69, 9.17) is 16.3 Å². The van der Waals surface area contributed by atoms with Crippen molar-refractivity contribution in [2.75, 3.05) is 19.5 Å². The van der Waals surface area contributed by atoms with Gasteiger partial charge in [-0.05, 0) is 49.1 Å². The lowest BCUT2D eigenvalue weighted by Gasteiger charge is -2.25. The topological polar surface area (TPSA) is 46.5 Å². The van der Waals surface area contributed by atoms with Crippen molar-refractivity contribution in [3.63, 3.8) is 0 Å². The summed E-state index contributed by atoms with van der Waals surface area (Å²) in [5, 5.41) is 10.1. The van der Waals surface area contributed by atoms with Gasteiger partial charge in [0.05, 0.1) is 10.9 Å². The van der Waals surface area contributed by atoms with Gasteiger partial charge in [0, 0.05) is 18.1 Å². The number of carboxylic acid groups (broad SMARTS) is 1. The minimum absolute atomic E-state index is 0.420. The highest BCUT2D eigenvalue weighted by Crippen LogP contribution is 2.33. The first-order valence-electron chi connectivity index (χ1n) is 6.75. The normalized spacial score (nSPS) is 17.9. The number of hydrogen-bond acceptors (Lipinski definition) is 3. The third-order valence-electron chi connectivity index (χ3n) is 3.79. The summed E-state index contributed by atoms with van der Waals surface area (Å²) in [5.74, 6) is -0.834. The highest BCUT2D eigenvalue weighted by atomic mass is 35.5. The molecule has 0 aromatic heterocycles. The van der Waals surface area contributed by atoms with Crippen LogP contribution in [0.1, 0.15) is 30.7 Å². The Kier molecular flexibility index (Phi) is 5.75. The van der Waals surface area contributed by atoms with Gasteiger partial charge in [0.25, 0.3) is 0 Å². The van der Waals surface area contributed by atoms with E-state index in [0.29, 0.717) is 17.4 Å². The van der Waals surface area contributed by atoms with E-state index in [1.165, 1.54) is 0 Å². The second-order valence-electron chi connectivity index (χ2n) is 5.08. The summed E-state index contributed by atoms with van der Waals surface area (Å²) in [7, 11) is 0. The molecule has 1 fully saturated rings. The average molecular weight is 315 g/mol. The summed E-state index contributed by atoms with van der Waals surface area (Å²) in [6, 6.07) is 5.59. The van der Waals surface area contributed by atoms with Gasteiger partial charge in [-0.15, -0.1) is 11.8 Å². The number of hydrogen-bond donors (Lipinski definition) is 1. The first-order chi connectivity index (χ1) is 9.61. The van der Waals surface area contributed by atoms with Crippen molar-refractivity contribution >= 4 is 29.3 Å². The Bertz CT molecular complexity index is 472. The van der Waals surface area contributed by atoms with Gasteiger partial charge in [-0.25, -0.2) is 0 Å². The summed E-state index contributed by atoms with van der Waals surface area (Å²) in [5.41, 5.74) is 0.798. The van der Waals surface area contributed by atoms with Crippen LogP contribution in [0.3, 0.4) is 0 Å². The molecular formula is C15H19ClO3S. The maximum absolute atomic E-state index is 11.6. The van der Waals surface area contributed by atoms with E-state index in [9.17, 15) is 9.90 Å². The van der Waals surface area contributed by atoms with Crippen molar-refractivity contribution in [3.05, 3.63) is 28.8 Å². The molecule has 1 N–H and O–H groups in total. The second kappa shape index (κ2) is 7.34. The molecule has 1 aliphatic heterocycles. The third kappa shape index (κ3) is 3.90. The largest absolute Gasteiger partial charge is 0.481 e. The van der Waals surface area contributed by atoms with Crippen LogP contribution in [0, 0.1) is 5.92 Å². The quantitative estimate of drug-likeness (QED) is 0.833. The predicted octanol–water partition coefficient (Wildman–Crippen LogP) is 4.05. The molecule has 0 aliphatic carbocycles. The molecule has 0 spiro atoms. The van der Waals surface area contributed by atoms with E-state index in [0.717, 1.165) is 36.5 Å². The van der Waals surface area contributed by atoms with E-state index in [-0.39, 0.29) is 0 Å². The SMILES string of the molecule is CSc1ccc(C(CC2CCOCC2)C(=O)O)cc1Cl. The smallest absolute Gasteiger partial charge is 0.310 e. The molecule has 1 aromatic carbocycles. The zero-order chi connectivity index (χ0) is 14.5. The van der Waals surface area contributed by atoms with E-state index in [1.807, 2.05) is 18.4 Å². The molecule has 20 heavy (non-hydrogen) atoms. The van der Waals surface area contributed by atoms with Crippen LogP contribution < -0.4 is 0 Å². The summed E-state index contributed by atoms with van der Waals surface area (Å²) in [6.45, 7) is 1.48.